The van der Waals surface area contributed by atoms with Gasteiger partial charge in [-0.25, -0.2) is 9.59 Å². The maximum atomic E-state index is 14.8. The highest BCUT2D eigenvalue weighted by atomic mass is 16.6. The SMILES string of the molecule is CC[C@H](C)[C@@H]([C@@H](CC(=O)N1CCC[C@H]1[C@H](OC)[C@@H](C)C(=O)N[C@H](C)[C@@H](O)c1ccccc1)OC)N(C)C(=O)[C@@H](NC(=O)[C@H](C(C)C)N(C)C(=O)OCc1ccc(NC(=O)[C@H](CCCNC(N)=O)NC(=O)[C@@H](NC(=O)CCOCCOCCOCCOCCOCCOCCN)C(C)C)cc1)C(C)C. The fraction of sp³-hybridized carbons (Fsp3) is 0.712. The van der Waals surface area contributed by atoms with Gasteiger partial charge in [-0.15, -0.1) is 0 Å². The summed E-state index contributed by atoms with van der Waals surface area (Å²) >= 11 is 0. The number of nitrogens with one attached hydrogen (secondary N) is 6. The van der Waals surface area contributed by atoms with Crippen LogP contribution in [0.5, 0.6) is 0 Å². The fourth-order valence-corrected chi connectivity index (χ4v) is 12.1. The molecule has 1 heterocycles. The Labute approximate surface area is 609 Å². The first-order valence-electron chi connectivity index (χ1n) is 36.2. The maximum absolute atomic E-state index is 14.8. The van der Waals surface area contributed by atoms with Crippen LogP contribution in [0.15, 0.2) is 54.6 Å². The van der Waals surface area contributed by atoms with E-state index in [1.54, 1.807) is 109 Å². The smallest absolute Gasteiger partial charge is 0.410 e. The van der Waals surface area contributed by atoms with Gasteiger partial charge in [-0.3, -0.25) is 38.5 Å². The number of nitrogens with two attached hydrogens (primary N) is 2. The van der Waals surface area contributed by atoms with Crippen LogP contribution in [0.4, 0.5) is 15.3 Å². The summed E-state index contributed by atoms with van der Waals surface area (Å²) in [4.78, 5) is 128. The number of likely N-dealkylation sites (tertiary alicyclic amines) is 1. The number of nitrogens with zero attached hydrogens (tertiary/aromatic N) is 3. The summed E-state index contributed by atoms with van der Waals surface area (Å²) in [6.45, 7) is 23.3. The van der Waals surface area contributed by atoms with Crippen molar-refractivity contribution in [3.63, 3.8) is 0 Å². The molecule has 0 bridgehead atoms. The van der Waals surface area contributed by atoms with E-state index >= 15 is 0 Å². The molecule has 103 heavy (non-hydrogen) atoms. The number of anilines is 1. The summed E-state index contributed by atoms with van der Waals surface area (Å²) in [5, 5.41) is 27.7. The molecular weight excluding hydrogens is 1330 g/mol. The van der Waals surface area contributed by atoms with Gasteiger partial charge in [0.15, 0.2) is 0 Å². The van der Waals surface area contributed by atoms with Crippen LogP contribution in [-0.2, 0) is 82.8 Å². The Kier molecular flexibility index (Phi) is 43.3. The van der Waals surface area contributed by atoms with Crippen molar-refractivity contribution in [3.8, 4) is 0 Å². The number of aliphatic hydroxyl groups is 1. The molecule has 30 heteroatoms. The quantitative estimate of drug-likeness (QED) is 0.0422. The zero-order chi connectivity index (χ0) is 76.6. The number of carbonyl (C=O) groups is 9. The monoisotopic (exact) mass is 1460 g/mol. The van der Waals surface area contributed by atoms with Gasteiger partial charge in [0.05, 0.1) is 128 Å². The molecule has 30 nitrogen and oxygen atoms in total. The average molecular weight is 1460 g/mol. The van der Waals surface area contributed by atoms with E-state index in [1.165, 1.54) is 26.2 Å². The van der Waals surface area contributed by atoms with Gasteiger partial charge in [0.1, 0.15) is 30.8 Å². The number of urea groups is 1. The van der Waals surface area contributed by atoms with E-state index in [1.807, 2.05) is 32.0 Å². The van der Waals surface area contributed by atoms with Crippen molar-refractivity contribution in [2.24, 2.45) is 41.1 Å². The van der Waals surface area contributed by atoms with Crippen LogP contribution < -0.4 is 43.4 Å². The van der Waals surface area contributed by atoms with Gasteiger partial charge >= 0.3 is 12.1 Å². The molecule has 12 atom stereocenters. The highest BCUT2D eigenvalue weighted by Crippen LogP contribution is 2.31. The number of primary amides is 1. The molecule has 2 aromatic carbocycles. The second kappa shape index (κ2) is 49.6. The molecule has 584 valence electrons. The predicted octanol–water partition coefficient (Wildman–Crippen LogP) is 4.04. The van der Waals surface area contributed by atoms with Crippen molar-refractivity contribution in [3.05, 3.63) is 65.7 Å². The number of carbonyl (C=O) groups excluding carboxylic acids is 9. The highest BCUT2D eigenvalue weighted by molar-refractivity contribution is 5.98. The lowest BCUT2D eigenvalue weighted by Gasteiger charge is -2.41. The fourth-order valence-electron chi connectivity index (χ4n) is 12.1. The molecule has 2 aromatic rings. The Hall–Kier alpha value is -7.13. The molecule has 3 rings (SSSR count). The molecule has 0 unspecified atom stereocenters. The van der Waals surface area contributed by atoms with Gasteiger partial charge in [0.25, 0.3) is 0 Å². The summed E-state index contributed by atoms with van der Waals surface area (Å²) in [5.74, 6) is -5.32. The van der Waals surface area contributed by atoms with Crippen molar-refractivity contribution in [1.29, 1.82) is 0 Å². The van der Waals surface area contributed by atoms with Gasteiger partial charge < -0.3 is 101 Å². The van der Waals surface area contributed by atoms with Gasteiger partial charge in [-0.2, -0.15) is 0 Å². The third-order valence-electron chi connectivity index (χ3n) is 18.1. The molecule has 10 amide bonds. The van der Waals surface area contributed by atoms with Crippen molar-refractivity contribution >= 4 is 59.2 Å². The largest absolute Gasteiger partial charge is 0.445 e. The van der Waals surface area contributed by atoms with Crippen LogP contribution in [0.3, 0.4) is 0 Å². The van der Waals surface area contributed by atoms with Crippen LogP contribution in [0, 0.1) is 29.6 Å². The maximum Gasteiger partial charge on any atom is 0.410 e. The number of amides is 10. The van der Waals surface area contributed by atoms with Crippen LogP contribution in [-0.4, -0.2) is 255 Å². The van der Waals surface area contributed by atoms with E-state index in [0.29, 0.717) is 109 Å². The minimum Gasteiger partial charge on any atom is -0.445 e. The molecule has 0 saturated carbocycles. The average Bonchev–Trinajstić information content (AvgIpc) is 1.80. The first-order chi connectivity index (χ1) is 49.1. The minimum atomic E-state index is -1.11. The van der Waals surface area contributed by atoms with Gasteiger partial charge in [-0.1, -0.05) is 111 Å². The number of rotatable bonds is 52. The van der Waals surface area contributed by atoms with E-state index in [9.17, 15) is 48.3 Å². The normalized spacial score (nSPS) is 16.3. The second-order valence-corrected chi connectivity index (χ2v) is 27.0. The van der Waals surface area contributed by atoms with Crippen LogP contribution in [0.2, 0.25) is 0 Å². The van der Waals surface area contributed by atoms with Crippen molar-refractivity contribution in [1.82, 2.24) is 41.3 Å². The van der Waals surface area contributed by atoms with Crippen molar-refractivity contribution < 1.29 is 90.9 Å². The van der Waals surface area contributed by atoms with E-state index in [-0.39, 0.29) is 82.3 Å². The number of likely N-dealkylation sites (N-methyl/N-ethyl adjacent to an activating group) is 2. The lowest BCUT2D eigenvalue weighted by atomic mass is 9.89. The first-order valence-corrected chi connectivity index (χ1v) is 36.2. The van der Waals surface area contributed by atoms with Crippen molar-refractivity contribution in [2.45, 2.75) is 181 Å². The van der Waals surface area contributed by atoms with Gasteiger partial charge in [0.2, 0.25) is 41.4 Å². The summed E-state index contributed by atoms with van der Waals surface area (Å²) in [5.41, 5.74) is 12.2. The summed E-state index contributed by atoms with van der Waals surface area (Å²) in [7, 11) is 6.09. The zero-order valence-electron chi connectivity index (χ0n) is 63.4. The third kappa shape index (κ3) is 32.0. The standard InChI is InChI=1S/C73H123N11O19/c1-15-50(8)64(58(95-13)45-60(86)84-32-20-24-57(84)66(96-14)51(9)67(88)77-52(10)65(87)54-21-17-16-18-22-54)82(11)71(92)62(48(4)5)81-70(91)63(49(6)7)83(12)73(94)103-46-53-25-27-55(28-26-53)78-68(89)56(23-19-31-76-72(75)93)79-69(90)61(47(2)3)80-59(85)29-33-97-35-37-99-39-41-101-43-44-102-42-40-100-38-36-98-34-30-74/h16-18,21-22,25-28,47-52,56-58,61-66,87H,15,19-20,23-24,29-46,74H2,1-14H3,(H,77,88)(H,78,89)(H,79,90)(H,80,85)(H,81,91)(H3,75,76,93)/t50-,51+,52+,56-,57-,58+,61-,62-,63-,64-,65+,66+/m0/s1. The van der Waals surface area contributed by atoms with Gasteiger partial charge in [0, 0.05) is 60.1 Å². The zero-order valence-corrected chi connectivity index (χ0v) is 63.4. The number of methoxy groups -OCH3 is 2. The van der Waals surface area contributed by atoms with Crippen LogP contribution >= 0.6 is 0 Å². The lowest BCUT2D eigenvalue weighted by molar-refractivity contribution is -0.148. The van der Waals surface area contributed by atoms with E-state index < -0.39 is 120 Å². The Morgan fingerprint density at radius 1 is 0.641 bits per heavy atom. The molecule has 0 aliphatic carbocycles. The molecule has 0 spiro atoms. The molecular formula is C73H123N11O19. The number of hydrogen-bond donors (Lipinski definition) is 9. The van der Waals surface area contributed by atoms with E-state index in [4.69, 9.17) is 54.1 Å². The third-order valence-corrected chi connectivity index (χ3v) is 18.1. The number of aliphatic hydroxyl groups excluding tert-OH is 1. The van der Waals surface area contributed by atoms with Crippen LogP contribution in [0.25, 0.3) is 0 Å². The molecule has 0 aromatic heterocycles. The Morgan fingerprint density at radius 2 is 1.20 bits per heavy atom. The topological polar surface area (TPSA) is 391 Å². The van der Waals surface area contributed by atoms with Gasteiger partial charge in [-0.05, 0) is 79.5 Å². The molecule has 1 fully saturated rings. The molecule has 1 saturated heterocycles. The van der Waals surface area contributed by atoms with E-state index in [2.05, 4.69) is 31.9 Å². The summed E-state index contributed by atoms with van der Waals surface area (Å²) in [6.07, 6.45) is -1.11. The van der Waals surface area contributed by atoms with E-state index in [0.717, 1.165) is 0 Å². The van der Waals surface area contributed by atoms with Crippen molar-refractivity contribution in [2.75, 3.05) is 133 Å². The first kappa shape index (κ1) is 90.1. The molecule has 1 aliphatic heterocycles. The summed E-state index contributed by atoms with van der Waals surface area (Å²) < 4.78 is 50.5. The number of benzene rings is 2. The highest BCUT2D eigenvalue weighted by Gasteiger charge is 2.44. The Balaban J connectivity index is 1.58. The van der Waals surface area contributed by atoms with Crippen LogP contribution in [0.1, 0.15) is 131 Å². The Morgan fingerprint density at radius 3 is 1.72 bits per heavy atom. The predicted molar refractivity (Wildman–Crippen MR) is 388 cm³/mol. The lowest BCUT2D eigenvalue weighted by Crippen LogP contribution is -2.60. The molecule has 0 radical (unpaired) electrons. The molecule has 11 N–H and O–H groups in total. The number of hydrogen-bond acceptors (Lipinski definition) is 20. The second-order valence-electron chi connectivity index (χ2n) is 27.0. The summed E-state index contributed by atoms with van der Waals surface area (Å²) in [6, 6.07) is 8.77. The molecule has 1 aliphatic rings. The number of ether oxygens (including phenoxy) is 9. The Bertz CT molecular complexity index is 2830. The minimum absolute atomic E-state index is 0.0430.